The first kappa shape index (κ1) is 31.6. The topological polar surface area (TPSA) is 114 Å². The van der Waals surface area contributed by atoms with Crippen molar-refractivity contribution in [3.05, 3.63) is 94.3 Å². The Kier molecular flexibility index (Phi) is 8.53. The molecule has 0 aliphatic carbocycles. The molecular weight excluding hydrogens is 604 g/mol. The van der Waals surface area contributed by atoms with Crippen LogP contribution in [0.3, 0.4) is 0 Å². The Morgan fingerprint density at radius 3 is 2.35 bits per heavy atom. The molecule has 1 saturated heterocycles. The molecule has 3 aliphatic heterocycles. The van der Waals surface area contributed by atoms with Crippen molar-refractivity contribution >= 4 is 17.8 Å². The van der Waals surface area contributed by atoms with Crippen molar-refractivity contribution in [2.45, 2.75) is 57.4 Å². The van der Waals surface area contributed by atoms with E-state index in [1.54, 1.807) is 12.1 Å². The van der Waals surface area contributed by atoms with Gasteiger partial charge in [0, 0.05) is 38.1 Å². The van der Waals surface area contributed by atoms with Gasteiger partial charge in [-0.3, -0.25) is 24.5 Å². The van der Waals surface area contributed by atoms with Crippen LogP contribution in [0.4, 0.5) is 17.6 Å². The zero-order chi connectivity index (χ0) is 32.6. The molecule has 4 heterocycles. The van der Waals surface area contributed by atoms with Crippen LogP contribution < -0.4 is 5.73 Å². The van der Waals surface area contributed by atoms with Crippen LogP contribution in [-0.4, -0.2) is 57.3 Å². The first-order valence-electron chi connectivity index (χ1n) is 15.3. The third-order valence-corrected chi connectivity index (χ3v) is 9.11. The molecule has 0 spiro atoms. The summed E-state index contributed by atoms with van der Waals surface area (Å²) in [5.41, 5.74) is 5.91. The maximum atomic E-state index is 14.1. The number of amides is 2. The number of nitrogens with zero attached hydrogens (tertiary/aromatic N) is 5. The molecule has 242 valence electrons. The molecular formula is C33H34F4N6O3. The number of benzene rings is 2. The lowest BCUT2D eigenvalue weighted by Gasteiger charge is -2.36. The van der Waals surface area contributed by atoms with Gasteiger partial charge in [0.05, 0.1) is 35.6 Å². The second-order valence-corrected chi connectivity index (χ2v) is 12.2. The van der Waals surface area contributed by atoms with Crippen molar-refractivity contribution in [1.82, 2.24) is 19.8 Å². The molecule has 0 unspecified atom stereocenters. The van der Waals surface area contributed by atoms with Gasteiger partial charge in [0.25, 0.3) is 11.8 Å². The number of aliphatic imine (C=N–C) groups is 1. The number of guanidine groups is 1. The maximum absolute atomic E-state index is 14.1. The van der Waals surface area contributed by atoms with E-state index in [0.717, 1.165) is 6.07 Å². The molecule has 0 bridgehead atoms. The van der Waals surface area contributed by atoms with Gasteiger partial charge in [-0.2, -0.15) is 13.2 Å². The molecule has 6 rings (SSSR count). The number of carbonyl (C=O) groups is 2. The van der Waals surface area contributed by atoms with Crippen LogP contribution in [0.15, 0.2) is 59.9 Å². The second-order valence-electron chi connectivity index (χ2n) is 12.2. The largest absolute Gasteiger partial charge is 0.417 e. The van der Waals surface area contributed by atoms with E-state index in [4.69, 9.17) is 15.5 Å². The molecule has 3 aromatic rings. The molecule has 13 heteroatoms. The highest BCUT2D eigenvalue weighted by atomic mass is 19.4. The lowest BCUT2D eigenvalue weighted by molar-refractivity contribution is -0.138. The minimum absolute atomic E-state index is 0.0750. The standard InChI is InChI=1S/C33H34F4N6O3/c1-20(8-13-43-30(45)32(41-31(43)38,23-9-14-46-15-10-23)22-3-5-24(34)6-4-22)16-21-2-7-26(33(35,36)37)25(17-21)29(44)42-18-27-28(19-42)40-12-11-39-27/h2-7,11-12,17,20,23H,8-10,13-16,18-19H2,1H3,(H2,38,41)/t20-,32-/m0/s1. The Balaban J connectivity index is 1.17. The molecule has 2 atom stereocenters. The van der Waals surface area contributed by atoms with Gasteiger partial charge in [-0.05, 0) is 67.0 Å². The first-order valence-corrected chi connectivity index (χ1v) is 15.3. The molecule has 0 radical (unpaired) electrons. The van der Waals surface area contributed by atoms with Crippen molar-refractivity contribution in [2.75, 3.05) is 19.8 Å². The van der Waals surface area contributed by atoms with Gasteiger partial charge >= 0.3 is 6.18 Å². The Hall–Kier alpha value is -4.39. The lowest BCUT2D eigenvalue weighted by atomic mass is 9.74. The summed E-state index contributed by atoms with van der Waals surface area (Å²) in [5.74, 6) is -1.64. The molecule has 2 N–H and O–H groups in total. The summed E-state index contributed by atoms with van der Waals surface area (Å²) in [5, 5.41) is 0. The number of ether oxygens (including phenoxy) is 1. The number of alkyl halides is 3. The monoisotopic (exact) mass is 638 g/mol. The van der Waals surface area contributed by atoms with Crippen molar-refractivity contribution in [3.63, 3.8) is 0 Å². The van der Waals surface area contributed by atoms with Gasteiger partial charge in [-0.25, -0.2) is 9.38 Å². The Morgan fingerprint density at radius 1 is 1.07 bits per heavy atom. The Bertz CT molecular complexity index is 1630. The van der Waals surface area contributed by atoms with E-state index < -0.39 is 34.6 Å². The van der Waals surface area contributed by atoms with E-state index in [1.807, 2.05) is 6.92 Å². The summed E-state index contributed by atoms with van der Waals surface area (Å²) in [7, 11) is 0. The summed E-state index contributed by atoms with van der Waals surface area (Å²) in [6.07, 6.45) is 0.276. The van der Waals surface area contributed by atoms with Crippen LogP contribution >= 0.6 is 0 Å². The number of nitrogens with two attached hydrogens (primary N) is 1. The van der Waals surface area contributed by atoms with Gasteiger partial charge in [-0.15, -0.1) is 0 Å². The van der Waals surface area contributed by atoms with Gasteiger partial charge in [0.2, 0.25) is 0 Å². The summed E-state index contributed by atoms with van der Waals surface area (Å²) in [6.45, 7) is 3.28. The van der Waals surface area contributed by atoms with Crippen molar-refractivity contribution in [3.8, 4) is 0 Å². The van der Waals surface area contributed by atoms with Gasteiger partial charge in [0.1, 0.15) is 5.82 Å². The minimum atomic E-state index is -4.72. The minimum Gasteiger partial charge on any atom is -0.381 e. The quantitative estimate of drug-likeness (QED) is 0.354. The molecule has 46 heavy (non-hydrogen) atoms. The number of rotatable bonds is 8. The van der Waals surface area contributed by atoms with E-state index in [0.29, 0.717) is 61.4 Å². The second kappa shape index (κ2) is 12.4. The molecule has 3 aliphatic rings. The van der Waals surface area contributed by atoms with Crippen LogP contribution in [0.5, 0.6) is 0 Å². The van der Waals surface area contributed by atoms with Gasteiger partial charge < -0.3 is 15.4 Å². The Morgan fingerprint density at radius 2 is 1.72 bits per heavy atom. The zero-order valence-electron chi connectivity index (χ0n) is 25.3. The number of aromatic nitrogens is 2. The fraction of sp³-hybridized carbons (Fsp3) is 0.424. The predicted molar refractivity (Wildman–Crippen MR) is 159 cm³/mol. The van der Waals surface area contributed by atoms with Crippen LogP contribution in [0.1, 0.15) is 64.6 Å². The van der Waals surface area contributed by atoms with Gasteiger partial charge in [-0.1, -0.05) is 25.1 Å². The zero-order valence-corrected chi connectivity index (χ0v) is 25.3. The van der Waals surface area contributed by atoms with Gasteiger partial charge in [0.15, 0.2) is 11.5 Å². The van der Waals surface area contributed by atoms with Crippen LogP contribution in [-0.2, 0) is 40.8 Å². The van der Waals surface area contributed by atoms with Crippen LogP contribution in [0, 0.1) is 17.7 Å². The molecule has 2 amide bonds. The first-order chi connectivity index (χ1) is 22.0. The van der Waals surface area contributed by atoms with E-state index in [-0.39, 0.29) is 43.3 Å². The third kappa shape index (κ3) is 5.95. The van der Waals surface area contributed by atoms with Crippen molar-refractivity contribution in [2.24, 2.45) is 22.6 Å². The number of fused-ring (bicyclic) bond motifs is 1. The van der Waals surface area contributed by atoms with E-state index in [1.165, 1.54) is 46.5 Å². The lowest BCUT2D eigenvalue weighted by Crippen LogP contribution is -2.48. The van der Waals surface area contributed by atoms with E-state index >= 15 is 0 Å². The highest BCUT2D eigenvalue weighted by Gasteiger charge is 2.54. The molecule has 1 aromatic heterocycles. The molecule has 2 aromatic carbocycles. The number of halogens is 4. The average molecular weight is 639 g/mol. The smallest absolute Gasteiger partial charge is 0.381 e. The van der Waals surface area contributed by atoms with Crippen LogP contribution in [0.2, 0.25) is 0 Å². The highest BCUT2D eigenvalue weighted by Crippen LogP contribution is 2.44. The molecule has 9 nitrogen and oxygen atoms in total. The number of hydrogen-bond donors (Lipinski definition) is 1. The number of carbonyl (C=O) groups excluding carboxylic acids is 2. The third-order valence-electron chi connectivity index (χ3n) is 9.11. The van der Waals surface area contributed by atoms with E-state index in [2.05, 4.69) is 9.97 Å². The van der Waals surface area contributed by atoms with E-state index in [9.17, 15) is 27.2 Å². The van der Waals surface area contributed by atoms with Crippen LogP contribution in [0.25, 0.3) is 0 Å². The van der Waals surface area contributed by atoms with Crippen molar-refractivity contribution < 1.29 is 31.9 Å². The Labute approximate surface area is 263 Å². The average Bonchev–Trinajstić information content (AvgIpc) is 3.58. The normalized spacial score (nSPS) is 21.0. The van der Waals surface area contributed by atoms with Crippen molar-refractivity contribution in [1.29, 1.82) is 0 Å². The summed E-state index contributed by atoms with van der Waals surface area (Å²) < 4.78 is 61.3. The maximum Gasteiger partial charge on any atom is 0.417 e. The summed E-state index contributed by atoms with van der Waals surface area (Å²) >= 11 is 0. The molecule has 0 saturated carbocycles. The highest BCUT2D eigenvalue weighted by molar-refractivity contribution is 6.07. The predicted octanol–water partition coefficient (Wildman–Crippen LogP) is 4.84. The fourth-order valence-corrected chi connectivity index (χ4v) is 6.71. The number of hydrogen-bond acceptors (Lipinski definition) is 7. The molecule has 1 fully saturated rings. The summed E-state index contributed by atoms with van der Waals surface area (Å²) in [4.78, 5) is 43.3. The SMILES string of the molecule is C[C@@H](CCN1C(=O)[C@](c2ccc(F)cc2)(C2CCOCC2)N=C1N)Cc1ccc(C(F)(F)F)c(C(=O)N2Cc3nccnc3C2)c1. The fourth-order valence-electron chi connectivity index (χ4n) is 6.71. The summed E-state index contributed by atoms with van der Waals surface area (Å²) in [6, 6.07) is 9.41.